The Morgan fingerprint density at radius 2 is 1.89 bits per heavy atom. The SMILES string of the molecule is CC(C)(CC(=O)O)CC(=O)NCc1ccncc1. The molecule has 0 fully saturated rings. The minimum absolute atomic E-state index is 0.0182. The van der Waals surface area contributed by atoms with Crippen LogP contribution in [0.3, 0.4) is 0 Å². The molecule has 1 aromatic heterocycles. The summed E-state index contributed by atoms with van der Waals surface area (Å²) in [6.45, 7) is 3.98. The number of carbonyl (C=O) groups excluding carboxylic acids is 1. The zero-order valence-corrected chi connectivity index (χ0v) is 10.6. The lowest BCUT2D eigenvalue weighted by Gasteiger charge is -2.21. The first-order valence-electron chi connectivity index (χ1n) is 5.76. The summed E-state index contributed by atoms with van der Waals surface area (Å²) in [6.07, 6.45) is 3.51. The number of carbonyl (C=O) groups is 2. The fourth-order valence-corrected chi connectivity index (χ4v) is 1.67. The number of aliphatic carboxylic acids is 1. The van der Waals surface area contributed by atoms with Gasteiger partial charge in [0.2, 0.25) is 5.91 Å². The lowest BCUT2D eigenvalue weighted by atomic mass is 9.85. The number of rotatable bonds is 6. The summed E-state index contributed by atoms with van der Waals surface area (Å²) >= 11 is 0. The third kappa shape index (κ3) is 5.43. The van der Waals surface area contributed by atoms with Crippen LogP contribution in [0.4, 0.5) is 0 Å². The second-order valence-corrected chi connectivity index (χ2v) is 5.04. The number of carboxylic acid groups (broad SMARTS) is 1. The third-order valence-corrected chi connectivity index (χ3v) is 2.51. The standard InChI is InChI=1S/C13H18N2O3/c1-13(2,8-12(17)18)7-11(16)15-9-10-3-5-14-6-4-10/h3-6H,7-9H2,1-2H3,(H,15,16)(H,17,18). The van der Waals surface area contributed by atoms with Gasteiger partial charge in [-0.2, -0.15) is 0 Å². The Bertz CT molecular complexity index is 416. The van der Waals surface area contributed by atoms with Crippen LogP contribution in [-0.4, -0.2) is 22.0 Å². The Balaban J connectivity index is 2.40. The van der Waals surface area contributed by atoms with Crippen molar-refractivity contribution >= 4 is 11.9 Å². The molecule has 2 N–H and O–H groups in total. The van der Waals surface area contributed by atoms with E-state index in [4.69, 9.17) is 5.11 Å². The molecule has 0 aromatic carbocycles. The van der Waals surface area contributed by atoms with Gasteiger partial charge < -0.3 is 10.4 Å². The molecule has 18 heavy (non-hydrogen) atoms. The first-order valence-corrected chi connectivity index (χ1v) is 5.76. The molecular weight excluding hydrogens is 232 g/mol. The highest BCUT2D eigenvalue weighted by Crippen LogP contribution is 2.24. The second kappa shape index (κ2) is 6.14. The Kier molecular flexibility index (Phi) is 4.83. The fourth-order valence-electron chi connectivity index (χ4n) is 1.67. The smallest absolute Gasteiger partial charge is 0.303 e. The molecular formula is C13H18N2O3. The van der Waals surface area contributed by atoms with Gasteiger partial charge in [-0.3, -0.25) is 14.6 Å². The minimum atomic E-state index is -0.887. The number of hydrogen-bond acceptors (Lipinski definition) is 3. The number of nitrogens with zero attached hydrogens (tertiary/aromatic N) is 1. The maximum atomic E-state index is 11.7. The molecule has 0 saturated heterocycles. The van der Waals surface area contributed by atoms with Gasteiger partial charge in [-0.1, -0.05) is 13.8 Å². The summed E-state index contributed by atoms with van der Waals surface area (Å²) in [5.41, 5.74) is 0.433. The van der Waals surface area contributed by atoms with Crippen LogP contribution < -0.4 is 5.32 Å². The van der Waals surface area contributed by atoms with Crippen molar-refractivity contribution < 1.29 is 14.7 Å². The van der Waals surface area contributed by atoms with Gasteiger partial charge in [0, 0.05) is 25.4 Å². The lowest BCUT2D eigenvalue weighted by molar-refractivity contribution is -0.139. The number of pyridine rings is 1. The number of hydrogen-bond donors (Lipinski definition) is 2. The molecule has 0 atom stereocenters. The summed E-state index contributed by atoms with van der Waals surface area (Å²) in [6, 6.07) is 3.64. The van der Waals surface area contributed by atoms with Crippen LogP contribution in [0.15, 0.2) is 24.5 Å². The van der Waals surface area contributed by atoms with Crippen LogP contribution in [0.2, 0.25) is 0 Å². The van der Waals surface area contributed by atoms with Crippen LogP contribution in [0.25, 0.3) is 0 Å². The highest BCUT2D eigenvalue weighted by Gasteiger charge is 2.24. The highest BCUT2D eigenvalue weighted by atomic mass is 16.4. The number of aromatic nitrogens is 1. The van der Waals surface area contributed by atoms with Gasteiger partial charge >= 0.3 is 5.97 Å². The van der Waals surface area contributed by atoms with Crippen molar-refractivity contribution in [3.8, 4) is 0 Å². The molecule has 0 radical (unpaired) electrons. The molecule has 1 heterocycles. The van der Waals surface area contributed by atoms with E-state index in [0.29, 0.717) is 6.54 Å². The van der Waals surface area contributed by atoms with E-state index in [1.807, 2.05) is 12.1 Å². The van der Waals surface area contributed by atoms with E-state index in [0.717, 1.165) is 5.56 Å². The zero-order chi connectivity index (χ0) is 13.6. The van der Waals surface area contributed by atoms with E-state index < -0.39 is 11.4 Å². The Morgan fingerprint density at radius 1 is 1.28 bits per heavy atom. The van der Waals surface area contributed by atoms with Gasteiger partial charge in [0.1, 0.15) is 0 Å². The van der Waals surface area contributed by atoms with Gasteiger partial charge in [0.05, 0.1) is 6.42 Å². The normalized spacial score (nSPS) is 11.0. The van der Waals surface area contributed by atoms with Crippen LogP contribution in [0.5, 0.6) is 0 Å². The van der Waals surface area contributed by atoms with E-state index in [2.05, 4.69) is 10.3 Å². The zero-order valence-electron chi connectivity index (χ0n) is 10.6. The average Bonchev–Trinajstić information content (AvgIpc) is 2.25. The monoisotopic (exact) mass is 250 g/mol. The minimum Gasteiger partial charge on any atom is -0.481 e. The van der Waals surface area contributed by atoms with Gasteiger partial charge in [-0.05, 0) is 23.1 Å². The number of nitrogens with one attached hydrogen (secondary N) is 1. The Labute approximate surface area is 106 Å². The topological polar surface area (TPSA) is 79.3 Å². The van der Waals surface area contributed by atoms with Crippen molar-refractivity contribution in [2.75, 3.05) is 0 Å². The fraction of sp³-hybridized carbons (Fsp3) is 0.462. The summed E-state index contributed by atoms with van der Waals surface area (Å²) in [7, 11) is 0. The molecule has 5 nitrogen and oxygen atoms in total. The Morgan fingerprint density at radius 3 is 2.44 bits per heavy atom. The molecule has 0 bridgehead atoms. The maximum absolute atomic E-state index is 11.7. The summed E-state index contributed by atoms with van der Waals surface area (Å²) in [5, 5.41) is 11.5. The van der Waals surface area contributed by atoms with Crippen LogP contribution in [0, 0.1) is 5.41 Å². The van der Waals surface area contributed by atoms with E-state index in [1.165, 1.54) is 0 Å². The van der Waals surface area contributed by atoms with Crippen LogP contribution in [-0.2, 0) is 16.1 Å². The van der Waals surface area contributed by atoms with E-state index in [1.54, 1.807) is 26.2 Å². The van der Waals surface area contributed by atoms with E-state index >= 15 is 0 Å². The van der Waals surface area contributed by atoms with Gasteiger partial charge in [-0.15, -0.1) is 0 Å². The number of amides is 1. The average molecular weight is 250 g/mol. The largest absolute Gasteiger partial charge is 0.481 e. The van der Waals surface area contributed by atoms with Crippen molar-refractivity contribution in [3.05, 3.63) is 30.1 Å². The summed E-state index contributed by atoms with van der Waals surface area (Å²) in [5.74, 6) is -1.03. The van der Waals surface area contributed by atoms with Crippen molar-refractivity contribution in [3.63, 3.8) is 0 Å². The maximum Gasteiger partial charge on any atom is 0.303 e. The highest BCUT2D eigenvalue weighted by molar-refractivity contribution is 5.77. The van der Waals surface area contributed by atoms with E-state index in [-0.39, 0.29) is 18.7 Å². The molecule has 1 aromatic rings. The molecule has 98 valence electrons. The Hall–Kier alpha value is -1.91. The molecule has 0 aliphatic carbocycles. The van der Waals surface area contributed by atoms with Crippen molar-refractivity contribution in [2.45, 2.75) is 33.2 Å². The molecule has 0 aliphatic rings. The molecule has 1 amide bonds. The first-order chi connectivity index (χ1) is 8.39. The first kappa shape index (κ1) is 14.2. The molecule has 0 saturated carbocycles. The van der Waals surface area contributed by atoms with Crippen LogP contribution in [0.1, 0.15) is 32.3 Å². The molecule has 0 aliphatic heterocycles. The molecule has 0 spiro atoms. The van der Waals surface area contributed by atoms with Crippen molar-refractivity contribution in [2.24, 2.45) is 5.41 Å². The van der Waals surface area contributed by atoms with Crippen molar-refractivity contribution in [1.82, 2.24) is 10.3 Å². The quantitative estimate of drug-likeness (QED) is 0.803. The predicted octanol–water partition coefficient (Wildman–Crippen LogP) is 1.59. The number of carboxylic acids is 1. The molecule has 1 rings (SSSR count). The summed E-state index contributed by atoms with van der Waals surface area (Å²) < 4.78 is 0. The van der Waals surface area contributed by atoms with E-state index in [9.17, 15) is 9.59 Å². The summed E-state index contributed by atoms with van der Waals surface area (Å²) in [4.78, 5) is 26.2. The molecule has 0 unspecified atom stereocenters. The molecule has 5 heteroatoms. The van der Waals surface area contributed by atoms with Crippen molar-refractivity contribution in [1.29, 1.82) is 0 Å². The third-order valence-electron chi connectivity index (χ3n) is 2.51. The second-order valence-electron chi connectivity index (χ2n) is 5.04. The van der Waals surface area contributed by atoms with Gasteiger partial charge in [0.15, 0.2) is 0 Å². The predicted molar refractivity (Wildman–Crippen MR) is 66.7 cm³/mol. The lowest BCUT2D eigenvalue weighted by Crippen LogP contribution is -2.29. The van der Waals surface area contributed by atoms with Crippen LogP contribution >= 0.6 is 0 Å². The van der Waals surface area contributed by atoms with Gasteiger partial charge in [0.25, 0.3) is 0 Å². The van der Waals surface area contributed by atoms with Gasteiger partial charge in [-0.25, -0.2) is 0 Å².